The van der Waals surface area contributed by atoms with Crippen LogP contribution in [0.15, 0.2) is 24.3 Å². The van der Waals surface area contributed by atoms with Crippen LogP contribution in [0.2, 0.25) is 0 Å². The smallest absolute Gasteiger partial charge is 0.165 e. The van der Waals surface area contributed by atoms with E-state index >= 15 is 0 Å². The molecular formula is C14H20O3. The fourth-order valence-corrected chi connectivity index (χ4v) is 1.45. The Balaban J connectivity index is 2.64. The zero-order valence-electron chi connectivity index (χ0n) is 10.7. The summed E-state index contributed by atoms with van der Waals surface area (Å²) in [4.78, 5) is 11.8. The van der Waals surface area contributed by atoms with Crippen LogP contribution in [0.1, 0.15) is 44.0 Å². The number of carbonyl (C=O) groups is 1. The number of ether oxygens (including phenoxy) is 1. The molecule has 17 heavy (non-hydrogen) atoms. The van der Waals surface area contributed by atoms with Crippen LogP contribution in [0, 0.1) is 0 Å². The zero-order valence-corrected chi connectivity index (χ0v) is 10.7. The molecule has 0 aliphatic carbocycles. The van der Waals surface area contributed by atoms with E-state index in [1.807, 2.05) is 6.92 Å². The largest absolute Gasteiger partial charge is 0.494 e. The van der Waals surface area contributed by atoms with Gasteiger partial charge in [-0.25, -0.2) is 0 Å². The van der Waals surface area contributed by atoms with Gasteiger partial charge in [0, 0.05) is 12.0 Å². The summed E-state index contributed by atoms with van der Waals surface area (Å²) >= 11 is 0. The second-order valence-corrected chi connectivity index (χ2v) is 4.79. The first-order chi connectivity index (χ1) is 7.92. The first-order valence-electron chi connectivity index (χ1n) is 5.91. The summed E-state index contributed by atoms with van der Waals surface area (Å²) in [6.45, 7) is 5.98. The van der Waals surface area contributed by atoms with Crippen molar-refractivity contribution >= 4 is 5.78 Å². The summed E-state index contributed by atoms with van der Waals surface area (Å²) < 4.78 is 5.43. The van der Waals surface area contributed by atoms with Gasteiger partial charge in [-0.2, -0.15) is 0 Å². The molecule has 94 valence electrons. The Morgan fingerprint density at radius 2 is 1.88 bits per heavy atom. The highest BCUT2D eigenvalue weighted by Gasteiger charge is 2.18. The fraction of sp³-hybridized carbons (Fsp3) is 0.500. The molecule has 0 spiro atoms. The lowest BCUT2D eigenvalue weighted by Crippen LogP contribution is -2.23. The molecule has 0 fully saturated rings. The van der Waals surface area contributed by atoms with Crippen molar-refractivity contribution < 1.29 is 14.6 Å². The van der Waals surface area contributed by atoms with Gasteiger partial charge in [0.25, 0.3) is 0 Å². The molecular weight excluding hydrogens is 216 g/mol. The summed E-state index contributed by atoms with van der Waals surface area (Å²) in [5, 5.41) is 9.57. The summed E-state index contributed by atoms with van der Waals surface area (Å²) in [5.74, 6) is 0.714. The van der Waals surface area contributed by atoms with Crippen LogP contribution in [0.4, 0.5) is 0 Å². The molecule has 3 heteroatoms. The molecule has 1 aromatic carbocycles. The van der Waals surface area contributed by atoms with Gasteiger partial charge in [-0.1, -0.05) is 6.92 Å². The highest BCUT2D eigenvalue weighted by molar-refractivity contribution is 5.96. The molecule has 0 radical (unpaired) electrons. The predicted octanol–water partition coefficient (Wildman–Crippen LogP) is 2.82. The first kappa shape index (κ1) is 13.7. The molecule has 1 N–H and O–H groups in total. The molecule has 0 bridgehead atoms. The van der Waals surface area contributed by atoms with Gasteiger partial charge in [0.1, 0.15) is 5.75 Å². The second kappa shape index (κ2) is 5.82. The van der Waals surface area contributed by atoms with Crippen molar-refractivity contribution in [2.75, 3.05) is 6.61 Å². The van der Waals surface area contributed by atoms with Crippen molar-refractivity contribution in [3.05, 3.63) is 29.8 Å². The maximum absolute atomic E-state index is 11.8. The number of Topliss-reactive ketones (excluding diaryl/α,β-unsaturated/α-hetero) is 1. The summed E-state index contributed by atoms with van der Waals surface area (Å²) in [7, 11) is 0. The number of aliphatic hydroxyl groups is 1. The van der Waals surface area contributed by atoms with Gasteiger partial charge >= 0.3 is 0 Å². The van der Waals surface area contributed by atoms with Crippen LogP contribution in [-0.4, -0.2) is 23.1 Å². The van der Waals surface area contributed by atoms with Crippen molar-refractivity contribution in [3.8, 4) is 5.75 Å². The van der Waals surface area contributed by atoms with Crippen LogP contribution >= 0.6 is 0 Å². The molecule has 1 aromatic rings. The normalized spacial score (nSPS) is 11.3. The lowest BCUT2D eigenvalue weighted by Gasteiger charge is -2.15. The zero-order chi connectivity index (χ0) is 12.9. The topological polar surface area (TPSA) is 46.5 Å². The minimum absolute atomic E-state index is 0.0560. The van der Waals surface area contributed by atoms with Crippen LogP contribution in [0.3, 0.4) is 0 Å². The maximum atomic E-state index is 11.8. The Kier molecular flexibility index (Phi) is 4.70. The number of rotatable bonds is 6. The molecule has 0 atom stereocenters. The van der Waals surface area contributed by atoms with E-state index in [2.05, 4.69) is 0 Å². The first-order valence-corrected chi connectivity index (χ1v) is 5.91. The van der Waals surface area contributed by atoms with E-state index in [9.17, 15) is 9.90 Å². The second-order valence-electron chi connectivity index (χ2n) is 4.79. The quantitative estimate of drug-likeness (QED) is 0.772. The average molecular weight is 236 g/mol. The Morgan fingerprint density at radius 3 is 2.35 bits per heavy atom. The maximum Gasteiger partial charge on any atom is 0.165 e. The van der Waals surface area contributed by atoms with Gasteiger partial charge < -0.3 is 9.84 Å². The molecule has 0 aliphatic rings. The third kappa shape index (κ3) is 5.00. The Morgan fingerprint density at radius 1 is 1.29 bits per heavy atom. The predicted molar refractivity (Wildman–Crippen MR) is 67.5 cm³/mol. The molecule has 3 nitrogen and oxygen atoms in total. The van der Waals surface area contributed by atoms with Crippen molar-refractivity contribution in [1.29, 1.82) is 0 Å². The van der Waals surface area contributed by atoms with Gasteiger partial charge in [-0.3, -0.25) is 4.79 Å². The lowest BCUT2D eigenvalue weighted by molar-refractivity contribution is 0.0587. The van der Waals surface area contributed by atoms with Crippen LogP contribution in [-0.2, 0) is 0 Å². The minimum Gasteiger partial charge on any atom is -0.494 e. The van der Waals surface area contributed by atoms with Crippen molar-refractivity contribution in [3.63, 3.8) is 0 Å². The molecule has 0 saturated heterocycles. The van der Waals surface area contributed by atoms with Crippen molar-refractivity contribution in [2.45, 2.75) is 39.2 Å². The molecule has 0 unspecified atom stereocenters. The molecule has 0 heterocycles. The van der Waals surface area contributed by atoms with E-state index in [1.54, 1.807) is 38.1 Å². The highest BCUT2D eigenvalue weighted by Crippen LogP contribution is 2.17. The number of hydrogen-bond donors (Lipinski definition) is 1. The van der Waals surface area contributed by atoms with E-state index < -0.39 is 5.60 Å². The number of hydrogen-bond acceptors (Lipinski definition) is 3. The lowest BCUT2D eigenvalue weighted by atomic mass is 9.98. The third-order valence-corrected chi connectivity index (χ3v) is 2.24. The monoisotopic (exact) mass is 236 g/mol. The van der Waals surface area contributed by atoms with Gasteiger partial charge in [0.15, 0.2) is 5.78 Å². The van der Waals surface area contributed by atoms with Gasteiger partial charge in [-0.05, 0) is 44.5 Å². The van der Waals surface area contributed by atoms with Gasteiger partial charge in [0.05, 0.1) is 12.2 Å². The molecule has 0 amide bonds. The van der Waals surface area contributed by atoms with Crippen molar-refractivity contribution in [1.82, 2.24) is 0 Å². The van der Waals surface area contributed by atoms with Gasteiger partial charge in [-0.15, -0.1) is 0 Å². The number of ketones is 1. The summed E-state index contributed by atoms with van der Waals surface area (Å²) in [5.41, 5.74) is -0.356. The van der Waals surface area contributed by atoms with E-state index in [-0.39, 0.29) is 12.2 Å². The molecule has 0 aliphatic heterocycles. The Hall–Kier alpha value is -1.35. The molecule has 0 aromatic heterocycles. The third-order valence-electron chi connectivity index (χ3n) is 2.24. The van der Waals surface area contributed by atoms with Crippen molar-refractivity contribution in [2.24, 2.45) is 0 Å². The summed E-state index contributed by atoms with van der Waals surface area (Å²) in [6.07, 6.45) is 1.08. The van der Waals surface area contributed by atoms with E-state index in [0.29, 0.717) is 12.2 Å². The standard InChI is InChI=1S/C14H20O3/c1-4-9-17-12-7-5-11(6-8-12)13(15)10-14(2,3)16/h5-8,16H,4,9-10H2,1-3H3. The Bertz CT molecular complexity index is 360. The van der Waals surface area contributed by atoms with E-state index in [4.69, 9.17) is 4.74 Å². The van der Waals surface area contributed by atoms with E-state index in [0.717, 1.165) is 12.2 Å². The SMILES string of the molecule is CCCOc1ccc(C(=O)CC(C)(C)O)cc1. The van der Waals surface area contributed by atoms with Crippen LogP contribution in [0.25, 0.3) is 0 Å². The molecule has 1 rings (SSSR count). The highest BCUT2D eigenvalue weighted by atomic mass is 16.5. The number of benzene rings is 1. The average Bonchev–Trinajstić information content (AvgIpc) is 2.24. The van der Waals surface area contributed by atoms with Crippen LogP contribution < -0.4 is 4.74 Å². The fourth-order valence-electron chi connectivity index (χ4n) is 1.45. The molecule has 0 saturated carbocycles. The van der Waals surface area contributed by atoms with E-state index in [1.165, 1.54) is 0 Å². The Labute approximate surface area is 102 Å². The summed E-state index contributed by atoms with van der Waals surface area (Å²) in [6, 6.07) is 7.04. The number of carbonyl (C=O) groups excluding carboxylic acids is 1. The van der Waals surface area contributed by atoms with Crippen LogP contribution in [0.5, 0.6) is 5.75 Å². The minimum atomic E-state index is -0.964. The van der Waals surface area contributed by atoms with Gasteiger partial charge in [0.2, 0.25) is 0 Å².